The van der Waals surface area contributed by atoms with Crippen molar-refractivity contribution in [1.29, 1.82) is 0 Å². The van der Waals surface area contributed by atoms with Crippen LogP contribution in [0.1, 0.15) is 17.5 Å². The van der Waals surface area contributed by atoms with Crippen molar-refractivity contribution >= 4 is 39.9 Å². The molecule has 0 aliphatic carbocycles. The van der Waals surface area contributed by atoms with Crippen LogP contribution in [0.5, 0.6) is 0 Å². The summed E-state index contributed by atoms with van der Waals surface area (Å²) in [6.45, 7) is 2.01. The first-order valence-corrected chi connectivity index (χ1v) is 6.42. The van der Waals surface area contributed by atoms with E-state index in [1.165, 1.54) is 11.3 Å². The summed E-state index contributed by atoms with van der Waals surface area (Å²) in [7, 11) is 0. The number of aromatic nitrogens is 2. The lowest BCUT2D eigenvalue weighted by Crippen LogP contribution is -2.06. The van der Waals surface area contributed by atoms with Crippen LogP contribution in [0, 0.1) is 3.57 Å². The molecule has 84 valence electrons. The Bertz CT molecular complexity index is 508. The fourth-order valence-corrected chi connectivity index (χ4v) is 2.78. The summed E-state index contributed by atoms with van der Waals surface area (Å²) in [6.07, 6.45) is 0. The highest BCUT2D eigenvalue weighted by molar-refractivity contribution is 14.1. The number of rotatable bonds is 3. The summed E-state index contributed by atoms with van der Waals surface area (Å²) >= 11 is 3.65. The molecule has 0 fully saturated rings. The molecule has 0 amide bonds. The second-order valence-electron chi connectivity index (χ2n) is 2.74. The number of carbonyl (C=O) groups is 1. The lowest BCUT2D eigenvalue weighted by atomic mass is 10.5. The van der Waals surface area contributed by atoms with Gasteiger partial charge in [0.25, 0.3) is 11.7 Å². The van der Waals surface area contributed by atoms with Crippen LogP contribution in [0.2, 0.25) is 0 Å². The van der Waals surface area contributed by atoms with E-state index in [2.05, 4.69) is 32.7 Å². The molecule has 2 heterocycles. The number of hydrogen-bond acceptors (Lipinski definition) is 6. The quantitative estimate of drug-likeness (QED) is 0.629. The van der Waals surface area contributed by atoms with E-state index in [1.54, 1.807) is 6.92 Å². The van der Waals surface area contributed by atoms with Gasteiger partial charge in [0.05, 0.1) is 6.61 Å². The minimum atomic E-state index is -0.566. The molecule has 16 heavy (non-hydrogen) atoms. The Morgan fingerprint density at radius 3 is 3.12 bits per heavy atom. The molecule has 0 saturated heterocycles. The minimum Gasteiger partial charge on any atom is -0.460 e. The highest BCUT2D eigenvalue weighted by Gasteiger charge is 2.18. The van der Waals surface area contributed by atoms with E-state index in [9.17, 15) is 4.79 Å². The topological polar surface area (TPSA) is 65.2 Å². The summed E-state index contributed by atoms with van der Waals surface area (Å²) in [5.74, 6) is -0.257. The van der Waals surface area contributed by atoms with E-state index < -0.39 is 5.97 Å². The monoisotopic (exact) mass is 350 g/mol. The Kier molecular flexibility index (Phi) is 3.54. The van der Waals surface area contributed by atoms with E-state index in [0.717, 1.165) is 8.45 Å². The maximum atomic E-state index is 11.3. The molecule has 2 aromatic heterocycles. The molecule has 0 N–H and O–H groups in total. The Balaban J connectivity index is 2.26. The van der Waals surface area contributed by atoms with Gasteiger partial charge < -0.3 is 9.26 Å². The normalized spacial score (nSPS) is 10.4. The van der Waals surface area contributed by atoms with Crippen LogP contribution in [0.25, 0.3) is 10.8 Å². The predicted octanol–water partition coefficient (Wildman–Crippen LogP) is 2.58. The number of halogens is 1. The number of hydrogen-bond donors (Lipinski definition) is 0. The van der Waals surface area contributed by atoms with Crippen LogP contribution >= 0.6 is 33.9 Å². The summed E-state index contributed by atoms with van der Waals surface area (Å²) in [4.78, 5) is 16.2. The fourth-order valence-electron chi connectivity index (χ4n) is 1.04. The van der Waals surface area contributed by atoms with Crippen molar-refractivity contribution in [1.82, 2.24) is 10.1 Å². The van der Waals surface area contributed by atoms with Crippen LogP contribution in [-0.2, 0) is 4.74 Å². The van der Waals surface area contributed by atoms with Crippen molar-refractivity contribution in [2.24, 2.45) is 0 Å². The van der Waals surface area contributed by atoms with E-state index in [1.807, 2.05) is 11.4 Å². The van der Waals surface area contributed by atoms with Gasteiger partial charge in [-0.1, -0.05) is 0 Å². The van der Waals surface area contributed by atoms with Crippen LogP contribution in [0.15, 0.2) is 16.0 Å². The van der Waals surface area contributed by atoms with Gasteiger partial charge in [-0.3, -0.25) is 0 Å². The third-order valence-electron chi connectivity index (χ3n) is 1.70. The smallest absolute Gasteiger partial charge is 0.379 e. The molecule has 0 saturated carbocycles. The molecule has 0 radical (unpaired) electrons. The lowest BCUT2D eigenvalue weighted by Gasteiger charge is -1.93. The zero-order valence-corrected chi connectivity index (χ0v) is 11.2. The predicted molar refractivity (Wildman–Crippen MR) is 66.3 cm³/mol. The van der Waals surface area contributed by atoms with Gasteiger partial charge in [0.2, 0.25) is 0 Å². The third-order valence-corrected chi connectivity index (χ3v) is 3.86. The van der Waals surface area contributed by atoms with Gasteiger partial charge in [-0.05, 0) is 46.1 Å². The van der Waals surface area contributed by atoms with E-state index in [4.69, 9.17) is 9.26 Å². The Morgan fingerprint density at radius 1 is 1.69 bits per heavy atom. The summed E-state index contributed by atoms with van der Waals surface area (Å²) in [5, 5.41) is 5.50. The lowest BCUT2D eigenvalue weighted by molar-refractivity contribution is 0.0508. The third kappa shape index (κ3) is 2.24. The first-order chi connectivity index (χ1) is 7.72. The van der Waals surface area contributed by atoms with Crippen LogP contribution in [0.3, 0.4) is 0 Å². The number of esters is 1. The number of nitrogens with zero attached hydrogens (tertiary/aromatic N) is 2. The molecule has 0 aromatic carbocycles. The molecule has 0 unspecified atom stereocenters. The highest BCUT2D eigenvalue weighted by Crippen LogP contribution is 2.29. The Hall–Kier alpha value is -0.960. The molecule has 0 aliphatic heterocycles. The van der Waals surface area contributed by atoms with Crippen molar-refractivity contribution in [3.63, 3.8) is 0 Å². The summed E-state index contributed by atoms with van der Waals surface area (Å²) in [5.41, 5.74) is 0. The van der Waals surface area contributed by atoms with Gasteiger partial charge in [0.15, 0.2) is 0 Å². The van der Waals surface area contributed by atoms with E-state index >= 15 is 0 Å². The van der Waals surface area contributed by atoms with E-state index in [-0.39, 0.29) is 5.82 Å². The van der Waals surface area contributed by atoms with Crippen LogP contribution in [-0.4, -0.2) is 22.7 Å². The Morgan fingerprint density at radius 2 is 2.50 bits per heavy atom. The molecule has 7 heteroatoms. The number of carbonyl (C=O) groups excluding carboxylic acids is 1. The average molecular weight is 350 g/mol. The van der Waals surface area contributed by atoms with E-state index in [0.29, 0.717) is 12.5 Å². The van der Waals surface area contributed by atoms with Crippen LogP contribution < -0.4 is 0 Å². The highest BCUT2D eigenvalue weighted by atomic mass is 127. The SMILES string of the molecule is CCOC(=O)c1noc(-c2sccc2I)n1. The summed E-state index contributed by atoms with van der Waals surface area (Å²) < 4.78 is 10.8. The molecule has 0 spiro atoms. The molecular weight excluding hydrogens is 343 g/mol. The standard InChI is InChI=1S/C9H7IN2O3S/c1-2-14-9(13)7-11-8(15-12-7)6-5(10)3-4-16-6/h3-4H,2H2,1H3. The van der Waals surface area contributed by atoms with Gasteiger partial charge in [-0.2, -0.15) is 4.98 Å². The summed E-state index contributed by atoms with van der Waals surface area (Å²) in [6, 6.07) is 1.94. The molecule has 5 nitrogen and oxygen atoms in total. The maximum absolute atomic E-state index is 11.3. The van der Waals surface area contributed by atoms with Gasteiger partial charge in [-0.15, -0.1) is 11.3 Å². The second-order valence-corrected chi connectivity index (χ2v) is 4.82. The van der Waals surface area contributed by atoms with Crippen LogP contribution in [0.4, 0.5) is 0 Å². The zero-order valence-electron chi connectivity index (χ0n) is 8.27. The van der Waals surface area contributed by atoms with Gasteiger partial charge in [0.1, 0.15) is 4.88 Å². The van der Waals surface area contributed by atoms with Crippen molar-refractivity contribution < 1.29 is 14.1 Å². The molecule has 0 aliphatic rings. The van der Waals surface area contributed by atoms with Crippen molar-refractivity contribution in [3.8, 4) is 10.8 Å². The molecule has 0 atom stereocenters. The molecule has 2 aromatic rings. The fraction of sp³-hybridized carbons (Fsp3) is 0.222. The maximum Gasteiger partial charge on any atom is 0.379 e. The molecule has 2 rings (SSSR count). The van der Waals surface area contributed by atoms with Crippen molar-refractivity contribution in [3.05, 3.63) is 20.8 Å². The van der Waals surface area contributed by atoms with Crippen molar-refractivity contribution in [2.45, 2.75) is 6.92 Å². The first kappa shape index (κ1) is 11.5. The average Bonchev–Trinajstić information content (AvgIpc) is 2.86. The Labute approximate surface area is 109 Å². The van der Waals surface area contributed by atoms with Crippen molar-refractivity contribution in [2.75, 3.05) is 6.61 Å². The second kappa shape index (κ2) is 4.91. The minimum absolute atomic E-state index is 0.0407. The van der Waals surface area contributed by atoms with Gasteiger partial charge >= 0.3 is 5.97 Å². The molecular formula is C9H7IN2O3S. The number of ether oxygens (including phenoxy) is 1. The van der Waals surface area contributed by atoms with Gasteiger partial charge in [-0.25, -0.2) is 4.79 Å². The first-order valence-electron chi connectivity index (χ1n) is 4.46. The van der Waals surface area contributed by atoms with Gasteiger partial charge in [0, 0.05) is 3.57 Å². The largest absolute Gasteiger partial charge is 0.460 e. The number of thiophene rings is 1. The molecule has 0 bridgehead atoms. The zero-order chi connectivity index (χ0) is 11.5.